The smallest absolute Gasteiger partial charge is 0.316 e. The summed E-state index contributed by atoms with van der Waals surface area (Å²) in [4.78, 5) is 39.2. The summed E-state index contributed by atoms with van der Waals surface area (Å²) < 4.78 is 23.7. The molecule has 7 heteroatoms. The molecule has 0 amide bonds. The molecular weight excluding hydrogens is 556 g/mol. The Balaban J connectivity index is 2.80. The molecule has 7 nitrogen and oxygen atoms in total. The minimum absolute atomic E-state index is 0.102. The van der Waals surface area contributed by atoms with E-state index in [-0.39, 0.29) is 23.5 Å². The van der Waals surface area contributed by atoms with Crippen molar-refractivity contribution in [1.82, 2.24) is 0 Å². The molecule has 242 valence electrons. The van der Waals surface area contributed by atoms with E-state index in [1.54, 1.807) is 51.1 Å². The van der Waals surface area contributed by atoms with E-state index in [9.17, 15) is 14.4 Å². The number of rotatable bonds is 9. The Labute approximate surface area is 264 Å². The maximum atomic E-state index is 13.7. The second kappa shape index (κ2) is 13.6. The van der Waals surface area contributed by atoms with E-state index in [0.717, 1.165) is 17.5 Å². The first kappa shape index (κ1) is 36.6. The predicted octanol–water partition coefficient (Wildman–Crippen LogP) is 8.84. The highest BCUT2D eigenvalue weighted by Crippen LogP contribution is 2.48. The van der Waals surface area contributed by atoms with E-state index >= 15 is 0 Å². The second-order valence-corrected chi connectivity index (χ2v) is 15.2. The van der Waals surface area contributed by atoms with E-state index in [1.807, 2.05) is 54.5 Å². The van der Waals surface area contributed by atoms with E-state index in [1.165, 1.54) is 7.11 Å². The number of esters is 2. The Morgan fingerprint density at radius 3 is 1.68 bits per heavy atom. The van der Waals surface area contributed by atoms with Gasteiger partial charge < -0.3 is 18.9 Å². The molecule has 0 radical (unpaired) electrons. The number of carbonyl (C=O) groups excluding carboxylic acids is 3. The lowest BCUT2D eigenvalue weighted by Gasteiger charge is -2.33. The van der Waals surface area contributed by atoms with Gasteiger partial charge in [0, 0.05) is 22.3 Å². The van der Waals surface area contributed by atoms with Crippen LogP contribution in [0.3, 0.4) is 0 Å². The number of allylic oxidation sites excluding steroid dienone is 1. The minimum atomic E-state index is -0.719. The van der Waals surface area contributed by atoms with E-state index in [4.69, 9.17) is 18.9 Å². The van der Waals surface area contributed by atoms with Crippen LogP contribution < -0.4 is 14.2 Å². The molecular formula is C37H52O7. The number of methoxy groups -OCH3 is 1. The zero-order valence-corrected chi connectivity index (χ0v) is 29.2. The molecule has 0 unspecified atom stereocenters. The molecule has 0 aliphatic carbocycles. The highest BCUT2D eigenvalue weighted by Gasteiger charge is 2.36. The highest BCUT2D eigenvalue weighted by molar-refractivity contribution is 6.10. The Morgan fingerprint density at radius 1 is 0.727 bits per heavy atom. The molecule has 0 spiro atoms. The van der Waals surface area contributed by atoms with Gasteiger partial charge >= 0.3 is 11.9 Å². The molecule has 2 aromatic carbocycles. The highest BCUT2D eigenvalue weighted by atomic mass is 16.5. The molecule has 2 aromatic rings. The quantitative estimate of drug-likeness (QED) is 0.0924. The number of carbonyl (C=O) groups is 3. The fraction of sp³-hybridized carbons (Fsp3) is 0.541. The van der Waals surface area contributed by atoms with Crippen LogP contribution in [0.1, 0.15) is 123 Å². The van der Waals surface area contributed by atoms with Crippen molar-refractivity contribution in [3.8, 4) is 17.2 Å². The van der Waals surface area contributed by atoms with Crippen LogP contribution >= 0.6 is 0 Å². The standard InChI is InChI=1S/C37H52O7/c1-15-20-42-30-24(21-26(34(2,3)4)31(28(30)35(5,6)7)44-33(40)37(11,12)13)22-27(41-14)29(38)23-16-18-25(19-17-23)43-32(39)36(8,9)10/h16-19,21-22H,15,20H2,1-14H3. The molecule has 0 aliphatic heterocycles. The number of Topliss-reactive ketones (excluding diaryl/α,β-unsaturated/α-hetero) is 1. The Morgan fingerprint density at radius 2 is 1.25 bits per heavy atom. The lowest BCUT2D eigenvalue weighted by molar-refractivity contribution is -0.143. The summed E-state index contributed by atoms with van der Waals surface area (Å²) in [6.07, 6.45) is 2.44. The van der Waals surface area contributed by atoms with Crippen molar-refractivity contribution in [2.24, 2.45) is 10.8 Å². The van der Waals surface area contributed by atoms with Crippen molar-refractivity contribution in [3.63, 3.8) is 0 Å². The van der Waals surface area contributed by atoms with Gasteiger partial charge in [-0.1, -0.05) is 48.5 Å². The first-order valence-corrected chi connectivity index (χ1v) is 15.2. The van der Waals surface area contributed by atoms with Crippen molar-refractivity contribution >= 4 is 23.8 Å². The number of ether oxygens (including phenoxy) is 4. The van der Waals surface area contributed by atoms with Gasteiger partial charge in [0.05, 0.1) is 24.5 Å². The summed E-state index contributed by atoms with van der Waals surface area (Å²) >= 11 is 0. The van der Waals surface area contributed by atoms with Crippen LogP contribution in [0.15, 0.2) is 36.1 Å². The first-order chi connectivity index (χ1) is 20.0. The lowest BCUT2D eigenvalue weighted by atomic mass is 9.77. The van der Waals surface area contributed by atoms with Gasteiger partial charge in [-0.2, -0.15) is 0 Å². The predicted molar refractivity (Wildman–Crippen MR) is 176 cm³/mol. The fourth-order valence-electron chi connectivity index (χ4n) is 4.16. The van der Waals surface area contributed by atoms with Crippen LogP contribution in [-0.2, 0) is 25.2 Å². The molecule has 0 aromatic heterocycles. The minimum Gasteiger partial charge on any atom is -0.493 e. The molecule has 0 saturated heterocycles. The molecule has 0 atom stereocenters. The third-order valence-corrected chi connectivity index (χ3v) is 6.75. The van der Waals surface area contributed by atoms with Crippen LogP contribution in [0, 0.1) is 10.8 Å². The maximum Gasteiger partial charge on any atom is 0.316 e. The number of ketones is 1. The molecule has 0 aliphatic rings. The van der Waals surface area contributed by atoms with Crippen LogP contribution in [0.4, 0.5) is 0 Å². The third kappa shape index (κ3) is 9.20. The molecule has 2 rings (SSSR count). The molecule has 0 N–H and O–H groups in total. The van der Waals surface area contributed by atoms with E-state index < -0.39 is 21.7 Å². The van der Waals surface area contributed by atoms with Crippen molar-refractivity contribution in [1.29, 1.82) is 0 Å². The van der Waals surface area contributed by atoms with E-state index in [2.05, 4.69) is 20.8 Å². The second-order valence-electron chi connectivity index (χ2n) is 15.2. The summed E-state index contributed by atoms with van der Waals surface area (Å²) in [5, 5.41) is 0. The molecule has 0 fully saturated rings. The van der Waals surface area contributed by atoms with Crippen LogP contribution in [-0.4, -0.2) is 31.4 Å². The SMILES string of the molecule is CCCOc1c(C=C(OC)C(=O)c2ccc(OC(=O)C(C)(C)C)cc2)cc(C(C)(C)C)c(OC(=O)C(C)(C)C)c1C(C)(C)C. The van der Waals surface area contributed by atoms with Crippen molar-refractivity contribution < 1.29 is 33.3 Å². The van der Waals surface area contributed by atoms with Gasteiger partial charge in [0.15, 0.2) is 5.76 Å². The van der Waals surface area contributed by atoms with Gasteiger partial charge in [-0.3, -0.25) is 14.4 Å². The summed E-state index contributed by atoms with van der Waals surface area (Å²) in [7, 11) is 1.45. The summed E-state index contributed by atoms with van der Waals surface area (Å²) in [6.45, 7) is 25.6. The Hall–Kier alpha value is -3.61. The molecule has 0 saturated carbocycles. The first-order valence-electron chi connectivity index (χ1n) is 15.2. The third-order valence-electron chi connectivity index (χ3n) is 6.75. The van der Waals surface area contributed by atoms with Crippen LogP contribution in [0.5, 0.6) is 17.2 Å². The van der Waals surface area contributed by atoms with Crippen molar-refractivity contribution in [3.05, 3.63) is 58.3 Å². The number of benzene rings is 2. The summed E-state index contributed by atoms with van der Waals surface area (Å²) in [6, 6.07) is 8.31. The zero-order valence-electron chi connectivity index (χ0n) is 29.2. The Kier molecular flexibility index (Phi) is 11.3. The van der Waals surface area contributed by atoms with Gasteiger partial charge in [-0.25, -0.2) is 0 Å². The molecule has 0 bridgehead atoms. The normalized spacial score (nSPS) is 12.9. The zero-order chi connectivity index (χ0) is 33.8. The van der Waals surface area contributed by atoms with Crippen molar-refractivity contribution in [2.45, 2.75) is 107 Å². The number of hydrogen-bond donors (Lipinski definition) is 0. The number of hydrogen-bond acceptors (Lipinski definition) is 7. The maximum absolute atomic E-state index is 13.7. The molecule has 0 heterocycles. The van der Waals surface area contributed by atoms with Crippen molar-refractivity contribution in [2.75, 3.05) is 13.7 Å². The van der Waals surface area contributed by atoms with Gasteiger partial charge in [0.1, 0.15) is 17.2 Å². The average Bonchev–Trinajstić information content (AvgIpc) is 2.88. The summed E-state index contributed by atoms with van der Waals surface area (Å²) in [5.41, 5.74) is 0.282. The van der Waals surface area contributed by atoms with Gasteiger partial charge in [0.25, 0.3) is 0 Å². The van der Waals surface area contributed by atoms with Gasteiger partial charge in [0.2, 0.25) is 5.78 Å². The topological polar surface area (TPSA) is 88.1 Å². The summed E-state index contributed by atoms with van der Waals surface area (Å²) in [5.74, 6) is 0.419. The molecule has 44 heavy (non-hydrogen) atoms. The van der Waals surface area contributed by atoms with Gasteiger partial charge in [-0.05, 0) is 95.2 Å². The average molecular weight is 609 g/mol. The van der Waals surface area contributed by atoms with Crippen LogP contribution in [0.25, 0.3) is 6.08 Å². The lowest BCUT2D eigenvalue weighted by Crippen LogP contribution is -2.29. The monoisotopic (exact) mass is 608 g/mol. The Bertz CT molecular complexity index is 1380. The fourth-order valence-corrected chi connectivity index (χ4v) is 4.16. The van der Waals surface area contributed by atoms with E-state index in [0.29, 0.717) is 35.0 Å². The largest absolute Gasteiger partial charge is 0.493 e. The van der Waals surface area contributed by atoms with Gasteiger partial charge in [-0.15, -0.1) is 0 Å². The van der Waals surface area contributed by atoms with Crippen LogP contribution in [0.2, 0.25) is 0 Å².